The van der Waals surface area contributed by atoms with Gasteiger partial charge in [-0.05, 0) is 25.0 Å². The van der Waals surface area contributed by atoms with Crippen molar-refractivity contribution in [2.45, 2.75) is 25.4 Å². The van der Waals surface area contributed by atoms with E-state index in [1.54, 1.807) is 18.9 Å². The molecule has 2 aliphatic heterocycles. The predicted molar refractivity (Wildman–Crippen MR) is 106 cm³/mol. The molecule has 8 heteroatoms. The SMILES string of the molecule is COc1ccc(-c2cnn(C)c2)c2c1CC(NC(=O)N1CCC(OC)CC1)=N2. The molecule has 1 N–H and O–H groups in total. The molecular formula is C20H25N5O3. The molecule has 4 rings (SSSR count). The molecule has 0 saturated carbocycles. The zero-order valence-electron chi connectivity index (χ0n) is 16.4. The lowest BCUT2D eigenvalue weighted by Crippen LogP contribution is -2.47. The Hall–Kier alpha value is -2.87. The van der Waals surface area contributed by atoms with Crippen LogP contribution in [-0.4, -0.2) is 60.0 Å². The minimum atomic E-state index is -0.108. The minimum Gasteiger partial charge on any atom is -0.496 e. The Morgan fingerprint density at radius 1 is 1.25 bits per heavy atom. The maximum Gasteiger partial charge on any atom is 0.322 e. The Balaban J connectivity index is 1.54. The van der Waals surface area contributed by atoms with E-state index in [1.165, 1.54) is 0 Å². The number of amides is 2. The van der Waals surface area contributed by atoms with Gasteiger partial charge in [0.2, 0.25) is 0 Å². The van der Waals surface area contributed by atoms with Crippen molar-refractivity contribution < 1.29 is 14.3 Å². The maximum absolute atomic E-state index is 12.7. The van der Waals surface area contributed by atoms with E-state index in [9.17, 15) is 4.79 Å². The molecule has 2 aliphatic rings. The van der Waals surface area contributed by atoms with Crippen LogP contribution in [0.2, 0.25) is 0 Å². The molecule has 148 valence electrons. The van der Waals surface area contributed by atoms with Crippen molar-refractivity contribution >= 4 is 17.6 Å². The molecule has 3 heterocycles. The number of ether oxygens (including phenoxy) is 2. The Bertz CT molecular complexity index is 913. The van der Waals surface area contributed by atoms with Crippen molar-refractivity contribution in [2.24, 2.45) is 12.0 Å². The van der Waals surface area contributed by atoms with Crippen molar-refractivity contribution in [2.75, 3.05) is 27.3 Å². The molecule has 0 unspecified atom stereocenters. The van der Waals surface area contributed by atoms with Crippen LogP contribution in [-0.2, 0) is 18.2 Å². The second kappa shape index (κ2) is 7.63. The molecular weight excluding hydrogens is 358 g/mol. The van der Waals surface area contributed by atoms with Crippen LogP contribution < -0.4 is 10.1 Å². The number of rotatable bonds is 3. The zero-order valence-corrected chi connectivity index (χ0v) is 16.4. The van der Waals surface area contributed by atoms with E-state index >= 15 is 0 Å². The molecule has 1 aromatic heterocycles. The number of amidine groups is 1. The van der Waals surface area contributed by atoms with Gasteiger partial charge >= 0.3 is 6.03 Å². The van der Waals surface area contributed by atoms with Crippen LogP contribution in [0.3, 0.4) is 0 Å². The number of fused-ring (bicyclic) bond motifs is 1. The molecule has 2 amide bonds. The number of hydrogen-bond donors (Lipinski definition) is 1. The standard InChI is InChI=1S/C20H25N5O3/c1-24-12-13(11-21-24)15-4-5-17(28-3)16-10-18(22-19(15)16)23-20(26)25-8-6-14(27-2)7-9-25/h4-5,11-12,14H,6-10H2,1-3H3,(H,22,23,26). The molecule has 0 spiro atoms. The van der Waals surface area contributed by atoms with Gasteiger partial charge in [0.05, 0.1) is 25.1 Å². The number of aliphatic imine (C=N–C) groups is 1. The summed E-state index contributed by atoms with van der Waals surface area (Å²) in [6.07, 6.45) is 6.25. The number of piperidine rings is 1. The van der Waals surface area contributed by atoms with Gasteiger partial charge in [-0.3, -0.25) is 10.00 Å². The number of carbonyl (C=O) groups is 1. The monoisotopic (exact) mass is 383 g/mol. The van der Waals surface area contributed by atoms with Crippen LogP contribution in [0.25, 0.3) is 11.1 Å². The summed E-state index contributed by atoms with van der Waals surface area (Å²) in [5.74, 6) is 1.42. The number of carbonyl (C=O) groups excluding carboxylic acids is 1. The molecule has 8 nitrogen and oxygen atoms in total. The summed E-state index contributed by atoms with van der Waals surface area (Å²) in [4.78, 5) is 19.2. The average molecular weight is 383 g/mol. The van der Waals surface area contributed by atoms with Crippen molar-refractivity contribution in [1.82, 2.24) is 20.0 Å². The van der Waals surface area contributed by atoms with Crippen LogP contribution in [0.1, 0.15) is 18.4 Å². The molecule has 28 heavy (non-hydrogen) atoms. The van der Waals surface area contributed by atoms with Crippen molar-refractivity contribution in [1.29, 1.82) is 0 Å². The van der Waals surface area contributed by atoms with E-state index in [-0.39, 0.29) is 12.1 Å². The number of nitrogens with one attached hydrogen (secondary N) is 1. The quantitative estimate of drug-likeness (QED) is 0.883. The Morgan fingerprint density at radius 2 is 2.04 bits per heavy atom. The summed E-state index contributed by atoms with van der Waals surface area (Å²) in [7, 11) is 5.25. The van der Waals surface area contributed by atoms with Gasteiger partial charge < -0.3 is 14.4 Å². The third-order valence-electron chi connectivity index (χ3n) is 5.38. The average Bonchev–Trinajstić information content (AvgIpc) is 3.33. The van der Waals surface area contributed by atoms with Crippen LogP contribution in [0, 0.1) is 0 Å². The number of urea groups is 1. The van der Waals surface area contributed by atoms with Gasteiger partial charge in [0.1, 0.15) is 11.6 Å². The van der Waals surface area contributed by atoms with E-state index in [1.807, 2.05) is 36.5 Å². The number of methoxy groups -OCH3 is 2. The molecule has 0 atom stereocenters. The fourth-order valence-corrected chi connectivity index (χ4v) is 3.81. The molecule has 2 aromatic rings. The zero-order chi connectivity index (χ0) is 19.7. The molecule has 1 saturated heterocycles. The first kappa shape index (κ1) is 18.5. The summed E-state index contributed by atoms with van der Waals surface area (Å²) in [6.45, 7) is 1.38. The number of hydrogen-bond acceptors (Lipinski definition) is 5. The van der Waals surface area contributed by atoms with Gasteiger partial charge in [-0.1, -0.05) is 0 Å². The highest BCUT2D eigenvalue weighted by molar-refractivity contribution is 6.04. The van der Waals surface area contributed by atoms with E-state index in [2.05, 4.69) is 10.4 Å². The Kier molecular flexibility index (Phi) is 5.04. The van der Waals surface area contributed by atoms with Gasteiger partial charge in [-0.25, -0.2) is 9.79 Å². The Morgan fingerprint density at radius 3 is 2.68 bits per heavy atom. The number of likely N-dealkylation sites (tertiary alicyclic amines) is 1. The lowest BCUT2D eigenvalue weighted by molar-refractivity contribution is 0.0510. The van der Waals surface area contributed by atoms with Gasteiger partial charge in [-0.2, -0.15) is 5.10 Å². The van der Waals surface area contributed by atoms with Gasteiger partial charge in [-0.15, -0.1) is 0 Å². The largest absolute Gasteiger partial charge is 0.496 e. The first-order valence-electron chi connectivity index (χ1n) is 9.44. The lowest BCUT2D eigenvalue weighted by Gasteiger charge is -2.31. The summed E-state index contributed by atoms with van der Waals surface area (Å²) in [6, 6.07) is 3.82. The van der Waals surface area contributed by atoms with Crippen LogP contribution >= 0.6 is 0 Å². The van der Waals surface area contributed by atoms with Crippen molar-refractivity contribution in [3.8, 4) is 16.9 Å². The van der Waals surface area contributed by atoms with Crippen LogP contribution in [0.4, 0.5) is 10.5 Å². The molecule has 0 radical (unpaired) electrons. The summed E-state index contributed by atoms with van der Waals surface area (Å²) in [5, 5.41) is 7.24. The van der Waals surface area contributed by atoms with Crippen LogP contribution in [0.5, 0.6) is 5.75 Å². The maximum atomic E-state index is 12.7. The van der Waals surface area contributed by atoms with Crippen molar-refractivity contribution in [3.05, 3.63) is 30.1 Å². The molecule has 1 fully saturated rings. The summed E-state index contributed by atoms with van der Waals surface area (Å²) in [5.41, 5.74) is 3.78. The van der Waals surface area contributed by atoms with Gasteiger partial charge in [0.15, 0.2) is 0 Å². The fraction of sp³-hybridized carbons (Fsp3) is 0.450. The highest BCUT2D eigenvalue weighted by Crippen LogP contribution is 2.41. The first-order chi connectivity index (χ1) is 13.6. The summed E-state index contributed by atoms with van der Waals surface area (Å²) >= 11 is 0. The molecule has 1 aromatic carbocycles. The van der Waals surface area contributed by atoms with E-state index < -0.39 is 0 Å². The first-order valence-corrected chi connectivity index (χ1v) is 9.44. The highest BCUT2D eigenvalue weighted by atomic mass is 16.5. The third kappa shape index (κ3) is 3.47. The van der Waals surface area contributed by atoms with Gasteiger partial charge in [0.25, 0.3) is 0 Å². The lowest BCUT2D eigenvalue weighted by atomic mass is 10.0. The predicted octanol–water partition coefficient (Wildman–Crippen LogP) is 2.50. The number of aryl methyl sites for hydroxylation is 1. The van der Waals surface area contributed by atoms with E-state index in [0.717, 1.165) is 41.0 Å². The minimum absolute atomic E-state index is 0.108. The van der Waals surface area contributed by atoms with E-state index in [4.69, 9.17) is 14.5 Å². The highest BCUT2D eigenvalue weighted by Gasteiger charge is 2.27. The fourth-order valence-electron chi connectivity index (χ4n) is 3.81. The Labute approximate surface area is 164 Å². The summed E-state index contributed by atoms with van der Waals surface area (Å²) < 4.78 is 12.7. The second-order valence-corrected chi connectivity index (χ2v) is 7.13. The van der Waals surface area contributed by atoms with Crippen molar-refractivity contribution in [3.63, 3.8) is 0 Å². The topological polar surface area (TPSA) is 81.0 Å². The number of benzene rings is 1. The smallest absolute Gasteiger partial charge is 0.322 e. The third-order valence-corrected chi connectivity index (χ3v) is 5.38. The number of aromatic nitrogens is 2. The van der Waals surface area contributed by atoms with Gasteiger partial charge in [0, 0.05) is 56.6 Å². The normalized spacial score (nSPS) is 16.7. The molecule has 0 aliphatic carbocycles. The molecule has 0 bridgehead atoms. The van der Waals surface area contributed by atoms with E-state index in [0.29, 0.717) is 25.3 Å². The second-order valence-electron chi connectivity index (χ2n) is 7.13. The number of nitrogens with zero attached hydrogens (tertiary/aromatic N) is 4. The van der Waals surface area contributed by atoms with Crippen LogP contribution in [0.15, 0.2) is 29.5 Å².